The number of aromatic nitrogens is 3. The molecule has 0 radical (unpaired) electrons. The predicted molar refractivity (Wildman–Crippen MR) is 150 cm³/mol. The first-order valence-electron chi connectivity index (χ1n) is 14.0. The van der Waals surface area contributed by atoms with Crippen molar-refractivity contribution in [3.63, 3.8) is 0 Å². The normalized spacial score (nSPS) is 18.6. The first-order chi connectivity index (χ1) is 19.1. The molecule has 9 nitrogen and oxygen atoms in total. The van der Waals surface area contributed by atoms with Crippen LogP contribution >= 0.6 is 0 Å². The van der Waals surface area contributed by atoms with Gasteiger partial charge in [0.25, 0.3) is 5.91 Å². The van der Waals surface area contributed by atoms with E-state index >= 15 is 4.39 Å². The summed E-state index contributed by atoms with van der Waals surface area (Å²) in [6, 6.07) is 8.68. The lowest BCUT2D eigenvalue weighted by atomic mass is 9.78. The lowest BCUT2D eigenvalue weighted by molar-refractivity contribution is 0.0240. The fourth-order valence-corrected chi connectivity index (χ4v) is 6.10. The van der Waals surface area contributed by atoms with Crippen molar-refractivity contribution in [2.45, 2.75) is 57.5 Å². The quantitative estimate of drug-likeness (QED) is 0.485. The van der Waals surface area contributed by atoms with E-state index < -0.39 is 11.4 Å². The van der Waals surface area contributed by atoms with Gasteiger partial charge in [0.2, 0.25) is 0 Å². The summed E-state index contributed by atoms with van der Waals surface area (Å²) in [6.07, 6.45) is 5.68. The number of H-pyrrole nitrogens is 1. The molecule has 2 aliphatic heterocycles. The topological polar surface area (TPSA) is 103 Å². The zero-order valence-electron chi connectivity index (χ0n) is 23.2. The average Bonchev–Trinajstić information content (AvgIpc) is 3.59. The highest BCUT2D eigenvalue weighted by Crippen LogP contribution is 2.44. The van der Waals surface area contributed by atoms with Crippen LogP contribution in [-0.4, -0.2) is 70.2 Å². The Hall–Kier alpha value is -3.95. The minimum Gasteiger partial charge on any atom is -0.444 e. The molecule has 1 saturated carbocycles. The Labute approximate surface area is 233 Å². The molecule has 2 fully saturated rings. The molecule has 3 aliphatic rings. The molecule has 210 valence electrons. The number of fused-ring (bicyclic) bond motifs is 2. The summed E-state index contributed by atoms with van der Waals surface area (Å²) in [5.74, 6) is -0.207. The maximum Gasteiger partial charge on any atom is 0.410 e. The van der Waals surface area contributed by atoms with Gasteiger partial charge in [-0.2, -0.15) is 0 Å². The van der Waals surface area contributed by atoms with Gasteiger partial charge in [-0.25, -0.2) is 19.2 Å². The van der Waals surface area contributed by atoms with Gasteiger partial charge < -0.3 is 24.8 Å². The number of rotatable bonds is 3. The molecule has 0 bridgehead atoms. The zero-order valence-corrected chi connectivity index (χ0v) is 23.2. The Morgan fingerprint density at radius 2 is 1.80 bits per heavy atom. The van der Waals surface area contributed by atoms with Crippen LogP contribution in [0.4, 0.5) is 14.9 Å². The summed E-state index contributed by atoms with van der Waals surface area (Å²) >= 11 is 0. The first kappa shape index (κ1) is 26.3. The molecular weight excluding hydrogens is 511 g/mol. The van der Waals surface area contributed by atoms with Gasteiger partial charge in [0.1, 0.15) is 11.4 Å². The van der Waals surface area contributed by atoms with Crippen LogP contribution in [0.3, 0.4) is 0 Å². The van der Waals surface area contributed by atoms with E-state index in [0.717, 1.165) is 42.8 Å². The molecule has 0 unspecified atom stereocenters. The van der Waals surface area contributed by atoms with E-state index in [4.69, 9.17) is 4.74 Å². The fourth-order valence-electron chi connectivity index (χ4n) is 6.10. The van der Waals surface area contributed by atoms with E-state index in [2.05, 4.69) is 25.2 Å². The maximum absolute atomic E-state index is 15.4. The van der Waals surface area contributed by atoms with Gasteiger partial charge in [-0.3, -0.25) is 4.79 Å². The number of hydrogen-bond donors (Lipinski definition) is 2. The third kappa shape index (κ3) is 4.91. The summed E-state index contributed by atoms with van der Waals surface area (Å²) in [5.41, 5.74) is 3.47. The van der Waals surface area contributed by atoms with Crippen LogP contribution in [0.15, 0.2) is 36.5 Å². The van der Waals surface area contributed by atoms with Crippen molar-refractivity contribution in [3.05, 3.63) is 53.6 Å². The number of nitrogens with one attached hydrogen (secondary N) is 2. The molecule has 1 aromatic carbocycles. The van der Waals surface area contributed by atoms with E-state index in [-0.39, 0.29) is 23.2 Å². The minimum absolute atomic E-state index is 0.0440. The second-order valence-corrected chi connectivity index (χ2v) is 12.0. The average molecular weight is 547 g/mol. The number of piperazine rings is 1. The molecular formula is C30H35FN6O3. The molecule has 1 spiro atoms. The van der Waals surface area contributed by atoms with Crippen LogP contribution < -0.4 is 10.2 Å². The molecule has 10 heteroatoms. The van der Waals surface area contributed by atoms with Crippen molar-refractivity contribution < 1.29 is 18.7 Å². The lowest BCUT2D eigenvalue weighted by Crippen LogP contribution is -2.50. The van der Waals surface area contributed by atoms with Crippen LogP contribution in [0.5, 0.6) is 0 Å². The zero-order chi connectivity index (χ0) is 28.1. The number of amides is 2. The van der Waals surface area contributed by atoms with Gasteiger partial charge >= 0.3 is 6.09 Å². The predicted octanol–water partition coefficient (Wildman–Crippen LogP) is 4.89. The van der Waals surface area contributed by atoms with Crippen LogP contribution in [0.25, 0.3) is 22.8 Å². The third-order valence-corrected chi connectivity index (χ3v) is 8.16. The summed E-state index contributed by atoms with van der Waals surface area (Å²) in [6.45, 7) is 8.36. The maximum atomic E-state index is 15.4. The van der Waals surface area contributed by atoms with Crippen molar-refractivity contribution in [2.24, 2.45) is 0 Å². The molecule has 3 aromatic rings. The molecule has 40 heavy (non-hydrogen) atoms. The number of hydrogen-bond acceptors (Lipinski definition) is 6. The Balaban J connectivity index is 1.20. The van der Waals surface area contributed by atoms with Gasteiger partial charge in [0, 0.05) is 55.7 Å². The second kappa shape index (κ2) is 9.91. The molecule has 2 aromatic heterocycles. The van der Waals surface area contributed by atoms with E-state index in [9.17, 15) is 9.59 Å². The monoisotopic (exact) mass is 546 g/mol. The van der Waals surface area contributed by atoms with Crippen molar-refractivity contribution in [2.75, 3.05) is 37.6 Å². The van der Waals surface area contributed by atoms with Crippen molar-refractivity contribution in [3.8, 4) is 22.8 Å². The SMILES string of the molecule is CC(C)(C)OC(=O)N1CCN(c2ccc(-c3nccc(-c4cc5c([nH]4)C4(CCCC4)CNC5=O)n3)c(F)c2)CC1. The summed E-state index contributed by atoms with van der Waals surface area (Å²) in [4.78, 5) is 41.3. The number of halogens is 1. The molecule has 1 aliphatic carbocycles. The lowest BCUT2D eigenvalue weighted by Gasteiger charge is -2.36. The number of anilines is 1. The molecule has 6 rings (SSSR count). The first-order valence-corrected chi connectivity index (χ1v) is 14.0. The second-order valence-electron chi connectivity index (χ2n) is 12.0. The summed E-state index contributed by atoms with van der Waals surface area (Å²) in [7, 11) is 0. The highest BCUT2D eigenvalue weighted by atomic mass is 19.1. The number of carbonyl (C=O) groups excluding carboxylic acids is 2. The smallest absolute Gasteiger partial charge is 0.410 e. The Morgan fingerprint density at radius 1 is 1.05 bits per heavy atom. The number of ether oxygens (including phenoxy) is 1. The third-order valence-electron chi connectivity index (χ3n) is 8.16. The molecule has 2 amide bonds. The highest BCUT2D eigenvalue weighted by Gasteiger charge is 2.43. The number of aromatic amines is 1. The minimum atomic E-state index is -0.542. The van der Waals surface area contributed by atoms with Gasteiger partial charge in [-0.15, -0.1) is 0 Å². The van der Waals surface area contributed by atoms with Crippen LogP contribution in [0.1, 0.15) is 62.5 Å². The van der Waals surface area contributed by atoms with Crippen LogP contribution in [0, 0.1) is 5.82 Å². The van der Waals surface area contributed by atoms with Crippen molar-refractivity contribution in [1.29, 1.82) is 0 Å². The van der Waals surface area contributed by atoms with E-state index in [1.807, 2.05) is 32.9 Å². The summed E-state index contributed by atoms with van der Waals surface area (Å²) < 4.78 is 20.9. The Morgan fingerprint density at radius 3 is 2.50 bits per heavy atom. The van der Waals surface area contributed by atoms with Gasteiger partial charge in [0.05, 0.1) is 22.5 Å². The van der Waals surface area contributed by atoms with Crippen molar-refractivity contribution in [1.82, 2.24) is 25.2 Å². The highest BCUT2D eigenvalue weighted by molar-refractivity contribution is 5.98. The largest absolute Gasteiger partial charge is 0.444 e. The number of carbonyl (C=O) groups is 2. The Bertz CT molecular complexity index is 1450. The number of nitrogens with zero attached hydrogens (tertiary/aromatic N) is 4. The molecule has 0 atom stereocenters. The molecule has 2 N–H and O–H groups in total. The Kier molecular flexibility index (Phi) is 6.51. The molecule has 1 saturated heterocycles. The van der Waals surface area contributed by atoms with Gasteiger partial charge in [0.15, 0.2) is 5.82 Å². The van der Waals surface area contributed by atoms with Gasteiger partial charge in [-0.1, -0.05) is 12.8 Å². The number of benzene rings is 1. The van der Waals surface area contributed by atoms with Crippen LogP contribution in [0.2, 0.25) is 0 Å². The van der Waals surface area contributed by atoms with Crippen LogP contribution in [-0.2, 0) is 10.2 Å². The van der Waals surface area contributed by atoms with Crippen molar-refractivity contribution >= 4 is 17.7 Å². The summed E-state index contributed by atoms with van der Waals surface area (Å²) in [5, 5.41) is 3.06. The van der Waals surface area contributed by atoms with E-state index in [0.29, 0.717) is 49.5 Å². The standard InChI is InChI=1S/C30H35FN6O3/c1-29(2,3)40-28(39)37-14-12-36(13-15-37)19-6-7-20(22(31)16-19)26-32-11-8-23(35-26)24-17-21-25(34-24)30(9-4-5-10-30)18-33-27(21)38/h6-8,11,16-17,34H,4-5,9-10,12-15,18H2,1-3H3,(H,33,38). The molecule has 4 heterocycles. The van der Waals surface area contributed by atoms with E-state index in [1.54, 1.807) is 23.2 Å². The van der Waals surface area contributed by atoms with E-state index in [1.165, 1.54) is 6.07 Å². The fraction of sp³-hybridized carbons (Fsp3) is 0.467. The van der Waals surface area contributed by atoms with Gasteiger partial charge in [-0.05, 0) is 63.9 Å².